The predicted molar refractivity (Wildman–Crippen MR) is 87.4 cm³/mol. The summed E-state index contributed by atoms with van der Waals surface area (Å²) in [6.45, 7) is 0. The van der Waals surface area contributed by atoms with Crippen LogP contribution in [0.4, 0.5) is 5.13 Å². The second-order valence-corrected chi connectivity index (χ2v) is 7.12. The van der Waals surface area contributed by atoms with Crippen LogP contribution >= 0.6 is 11.3 Å². The first kappa shape index (κ1) is 15.4. The summed E-state index contributed by atoms with van der Waals surface area (Å²) < 4.78 is 28.4. The number of hydrogen-bond acceptors (Lipinski definition) is 6. The Morgan fingerprint density at radius 3 is 2.87 bits per heavy atom. The van der Waals surface area contributed by atoms with E-state index >= 15 is 0 Å². The summed E-state index contributed by atoms with van der Waals surface area (Å²) >= 11 is 1.16. The lowest BCUT2D eigenvalue weighted by Crippen LogP contribution is -2.11. The van der Waals surface area contributed by atoms with Crippen LogP contribution in [-0.2, 0) is 14.8 Å². The largest absolute Gasteiger partial charge is 0.465 e. The van der Waals surface area contributed by atoms with Crippen molar-refractivity contribution in [3.05, 3.63) is 48.4 Å². The van der Waals surface area contributed by atoms with Crippen LogP contribution in [0, 0.1) is 0 Å². The third kappa shape index (κ3) is 3.65. The summed E-state index contributed by atoms with van der Waals surface area (Å²) in [6, 6.07) is 7.78. The van der Waals surface area contributed by atoms with Crippen molar-refractivity contribution >= 4 is 48.7 Å². The number of benzene rings is 1. The number of fused-ring (bicyclic) bond motifs is 1. The Bertz CT molecular complexity index is 988. The van der Waals surface area contributed by atoms with Gasteiger partial charge in [-0.1, -0.05) is 11.3 Å². The smallest absolute Gasteiger partial charge is 0.250 e. The van der Waals surface area contributed by atoms with Gasteiger partial charge < -0.3 is 4.42 Å². The van der Waals surface area contributed by atoms with Gasteiger partial charge in [-0.3, -0.25) is 10.1 Å². The van der Waals surface area contributed by atoms with E-state index in [9.17, 15) is 13.2 Å². The number of nitrogens with two attached hydrogens (primary N) is 1. The van der Waals surface area contributed by atoms with Gasteiger partial charge >= 0.3 is 0 Å². The Balaban J connectivity index is 1.79. The van der Waals surface area contributed by atoms with E-state index in [0.717, 1.165) is 11.3 Å². The molecular weight excluding hydrogens is 338 g/mol. The molecule has 0 atom stereocenters. The molecule has 0 radical (unpaired) electrons. The fraction of sp³-hybridized carbons (Fsp3) is 0. The van der Waals surface area contributed by atoms with E-state index in [1.165, 1.54) is 30.5 Å². The molecule has 2 aromatic heterocycles. The van der Waals surface area contributed by atoms with E-state index in [-0.39, 0.29) is 10.8 Å². The van der Waals surface area contributed by atoms with E-state index < -0.39 is 10.0 Å². The highest BCUT2D eigenvalue weighted by Crippen LogP contribution is 2.27. The molecule has 0 aliphatic carbocycles. The summed E-state index contributed by atoms with van der Waals surface area (Å²) in [4.78, 5) is 16.0. The van der Waals surface area contributed by atoms with Crippen LogP contribution in [0.2, 0.25) is 0 Å². The van der Waals surface area contributed by atoms with Gasteiger partial charge in [-0.25, -0.2) is 18.5 Å². The van der Waals surface area contributed by atoms with E-state index in [0.29, 0.717) is 21.1 Å². The van der Waals surface area contributed by atoms with E-state index in [1.54, 1.807) is 18.2 Å². The topological polar surface area (TPSA) is 115 Å². The summed E-state index contributed by atoms with van der Waals surface area (Å²) in [6.07, 6.45) is 4.36. The van der Waals surface area contributed by atoms with Crippen molar-refractivity contribution in [3.63, 3.8) is 0 Å². The molecule has 3 rings (SSSR count). The lowest BCUT2D eigenvalue weighted by molar-refractivity contribution is -0.111. The third-order valence-electron chi connectivity index (χ3n) is 2.86. The van der Waals surface area contributed by atoms with Crippen LogP contribution in [0.15, 0.2) is 52.0 Å². The van der Waals surface area contributed by atoms with Gasteiger partial charge in [-0.2, -0.15) is 0 Å². The molecule has 1 aromatic carbocycles. The summed E-state index contributed by atoms with van der Waals surface area (Å²) in [5.41, 5.74) is 0.577. The van der Waals surface area contributed by atoms with E-state index in [1.807, 2.05) is 0 Å². The van der Waals surface area contributed by atoms with E-state index in [4.69, 9.17) is 9.56 Å². The highest BCUT2D eigenvalue weighted by atomic mass is 32.2. The minimum atomic E-state index is -3.77. The zero-order chi connectivity index (χ0) is 16.4. The first-order valence-corrected chi connectivity index (χ1v) is 8.74. The number of sulfonamides is 1. The zero-order valence-corrected chi connectivity index (χ0v) is 13.2. The average Bonchev–Trinajstić information content (AvgIpc) is 3.12. The van der Waals surface area contributed by atoms with Gasteiger partial charge in [0.15, 0.2) is 5.13 Å². The van der Waals surface area contributed by atoms with Gasteiger partial charge in [0, 0.05) is 6.08 Å². The average molecular weight is 349 g/mol. The summed E-state index contributed by atoms with van der Waals surface area (Å²) in [5, 5.41) is 8.06. The van der Waals surface area contributed by atoms with Gasteiger partial charge in [0.2, 0.25) is 15.9 Å². The van der Waals surface area contributed by atoms with Crippen LogP contribution < -0.4 is 10.5 Å². The van der Waals surface area contributed by atoms with Crippen molar-refractivity contribution in [1.29, 1.82) is 0 Å². The van der Waals surface area contributed by atoms with Crippen LogP contribution in [0.5, 0.6) is 0 Å². The summed E-state index contributed by atoms with van der Waals surface area (Å²) in [5.74, 6) is 0.189. The normalized spacial score (nSPS) is 12.0. The molecule has 3 aromatic rings. The number of thiazole rings is 1. The standard InChI is InChI=1S/C14H11N3O4S2/c15-23(19,20)10-4-5-11-12(8-10)22-14(16-11)17-13(18)6-3-9-2-1-7-21-9/h1-8H,(H2,15,19,20)(H,16,17,18). The van der Waals surface area contributed by atoms with Crippen LogP contribution in [0.1, 0.15) is 5.76 Å². The van der Waals surface area contributed by atoms with Crippen molar-refractivity contribution in [2.45, 2.75) is 4.90 Å². The number of nitrogens with zero attached hydrogens (tertiary/aromatic N) is 1. The molecule has 0 bridgehead atoms. The Labute approximate surface area is 135 Å². The number of carbonyl (C=O) groups is 1. The van der Waals surface area contributed by atoms with Gasteiger partial charge in [0.1, 0.15) is 5.76 Å². The molecule has 1 amide bonds. The number of hydrogen-bond donors (Lipinski definition) is 2. The third-order valence-corrected chi connectivity index (χ3v) is 4.71. The first-order valence-electron chi connectivity index (χ1n) is 6.38. The maximum atomic E-state index is 11.8. The zero-order valence-electron chi connectivity index (χ0n) is 11.6. The van der Waals surface area contributed by atoms with Crippen LogP contribution in [-0.4, -0.2) is 19.3 Å². The number of aromatic nitrogens is 1. The lowest BCUT2D eigenvalue weighted by atomic mass is 10.3. The van der Waals surface area contributed by atoms with Gasteiger partial charge in [0.25, 0.3) is 0 Å². The molecule has 7 nitrogen and oxygen atoms in total. The molecule has 2 heterocycles. The molecule has 118 valence electrons. The van der Waals surface area contributed by atoms with Gasteiger partial charge in [-0.15, -0.1) is 0 Å². The highest BCUT2D eigenvalue weighted by molar-refractivity contribution is 7.89. The number of primary sulfonamides is 1. The lowest BCUT2D eigenvalue weighted by Gasteiger charge is -1.95. The maximum Gasteiger partial charge on any atom is 0.250 e. The van der Waals surface area contributed by atoms with E-state index in [2.05, 4.69) is 10.3 Å². The van der Waals surface area contributed by atoms with Crippen molar-refractivity contribution in [2.75, 3.05) is 5.32 Å². The Hall–Kier alpha value is -2.49. The molecule has 0 fully saturated rings. The van der Waals surface area contributed by atoms with Crippen molar-refractivity contribution in [3.8, 4) is 0 Å². The summed E-state index contributed by atoms with van der Waals surface area (Å²) in [7, 11) is -3.77. The molecule has 0 aliphatic heterocycles. The minimum Gasteiger partial charge on any atom is -0.465 e. The quantitative estimate of drug-likeness (QED) is 0.701. The van der Waals surface area contributed by atoms with Crippen molar-refractivity contribution < 1.29 is 17.6 Å². The molecule has 23 heavy (non-hydrogen) atoms. The molecule has 0 saturated carbocycles. The van der Waals surface area contributed by atoms with Crippen molar-refractivity contribution in [2.24, 2.45) is 5.14 Å². The second-order valence-electron chi connectivity index (χ2n) is 4.53. The van der Waals surface area contributed by atoms with Crippen LogP contribution in [0.3, 0.4) is 0 Å². The fourth-order valence-corrected chi connectivity index (χ4v) is 3.35. The first-order chi connectivity index (χ1) is 10.9. The number of carbonyl (C=O) groups excluding carboxylic acids is 1. The SMILES string of the molecule is NS(=O)(=O)c1ccc2nc(NC(=O)C=Cc3ccco3)sc2c1. The Morgan fingerprint density at radius 1 is 1.35 bits per heavy atom. The minimum absolute atomic E-state index is 0.00393. The molecule has 0 aliphatic rings. The Morgan fingerprint density at radius 2 is 2.17 bits per heavy atom. The highest BCUT2D eigenvalue weighted by Gasteiger charge is 2.11. The molecule has 0 unspecified atom stereocenters. The Kier molecular flexibility index (Phi) is 3.99. The molecule has 3 N–H and O–H groups in total. The molecule has 0 saturated heterocycles. The molecular formula is C14H11N3O4S2. The predicted octanol–water partition coefficient (Wildman–Crippen LogP) is 2.19. The number of anilines is 1. The van der Waals surface area contributed by atoms with Crippen molar-refractivity contribution in [1.82, 2.24) is 4.98 Å². The second kappa shape index (κ2) is 5.95. The number of nitrogens with one attached hydrogen (secondary N) is 1. The maximum absolute atomic E-state index is 11.8. The fourth-order valence-electron chi connectivity index (χ4n) is 1.83. The number of furan rings is 1. The van der Waals surface area contributed by atoms with Crippen LogP contribution in [0.25, 0.3) is 16.3 Å². The number of amides is 1. The number of rotatable bonds is 4. The molecule has 0 spiro atoms. The molecule has 9 heteroatoms. The van der Waals surface area contributed by atoms with Gasteiger partial charge in [0.05, 0.1) is 21.4 Å². The van der Waals surface area contributed by atoms with Gasteiger partial charge in [-0.05, 0) is 36.4 Å². The monoisotopic (exact) mass is 349 g/mol.